The van der Waals surface area contributed by atoms with Crippen molar-refractivity contribution in [1.29, 1.82) is 0 Å². The van der Waals surface area contributed by atoms with Crippen LogP contribution < -0.4 is 0 Å². The van der Waals surface area contributed by atoms with E-state index in [9.17, 15) is 9.18 Å². The van der Waals surface area contributed by atoms with Crippen LogP contribution in [0, 0.1) is 11.7 Å². The van der Waals surface area contributed by atoms with Crippen LogP contribution in [0.15, 0.2) is 65.6 Å². The average molecular weight is 422 g/mol. The highest BCUT2D eigenvalue weighted by Gasteiger charge is 2.47. The highest BCUT2D eigenvalue weighted by atomic mass is 32.1. The standard InChI is InChI=1S/C24H24FN3OS/c25-22-4-2-1-3-18(22)13-27-11-7-23-21(14-27)20(19-8-12-30-16-19)15-28(23)24(29)17-5-9-26-10-6-17/h1-6,8-10,12,16,20-21,23H,7,11,13-15H2/t20-,21-,23-/m0/s1. The molecule has 0 aliphatic carbocycles. The maximum Gasteiger partial charge on any atom is 0.254 e. The first-order valence-corrected chi connectivity index (χ1v) is 11.3. The van der Waals surface area contributed by atoms with Crippen molar-refractivity contribution in [3.8, 4) is 0 Å². The minimum absolute atomic E-state index is 0.0904. The fraction of sp³-hybridized carbons (Fsp3) is 0.333. The zero-order valence-electron chi connectivity index (χ0n) is 16.7. The van der Waals surface area contributed by atoms with Crippen LogP contribution in [0.3, 0.4) is 0 Å². The molecule has 5 rings (SSSR count). The summed E-state index contributed by atoms with van der Waals surface area (Å²) in [6, 6.07) is 13.0. The minimum Gasteiger partial charge on any atom is -0.335 e. The third-order valence-corrected chi connectivity index (χ3v) is 7.23. The number of thiophene rings is 1. The molecule has 0 N–H and O–H groups in total. The van der Waals surface area contributed by atoms with Gasteiger partial charge in [0, 0.05) is 67.6 Å². The number of hydrogen-bond acceptors (Lipinski definition) is 4. The molecule has 1 amide bonds. The lowest BCUT2D eigenvalue weighted by Gasteiger charge is -2.39. The smallest absolute Gasteiger partial charge is 0.254 e. The maximum atomic E-state index is 14.2. The number of benzene rings is 1. The summed E-state index contributed by atoms with van der Waals surface area (Å²) in [5.74, 6) is 0.615. The molecule has 0 spiro atoms. The summed E-state index contributed by atoms with van der Waals surface area (Å²) < 4.78 is 14.2. The summed E-state index contributed by atoms with van der Waals surface area (Å²) in [7, 11) is 0. The van der Waals surface area contributed by atoms with E-state index in [0.717, 1.165) is 31.6 Å². The molecule has 2 fully saturated rings. The fourth-order valence-corrected chi connectivity index (χ4v) is 5.77. The lowest BCUT2D eigenvalue weighted by molar-refractivity contribution is 0.0613. The first-order valence-electron chi connectivity index (χ1n) is 10.4. The van der Waals surface area contributed by atoms with Crippen molar-refractivity contribution in [2.75, 3.05) is 19.6 Å². The van der Waals surface area contributed by atoms with Gasteiger partial charge in [-0.1, -0.05) is 18.2 Å². The summed E-state index contributed by atoms with van der Waals surface area (Å²) in [5, 5.41) is 4.32. The molecule has 0 unspecified atom stereocenters. The van der Waals surface area contributed by atoms with Gasteiger partial charge >= 0.3 is 0 Å². The zero-order chi connectivity index (χ0) is 20.5. The Bertz CT molecular complexity index is 1010. The number of aromatic nitrogens is 1. The maximum absolute atomic E-state index is 14.2. The van der Waals surface area contributed by atoms with Crippen LogP contribution in [0.4, 0.5) is 4.39 Å². The minimum atomic E-state index is -0.144. The number of carbonyl (C=O) groups is 1. The first-order chi connectivity index (χ1) is 14.7. The lowest BCUT2D eigenvalue weighted by atomic mass is 9.82. The number of rotatable bonds is 4. The van der Waals surface area contributed by atoms with Crippen LogP contribution in [0.5, 0.6) is 0 Å². The molecular weight excluding hydrogens is 397 g/mol. The van der Waals surface area contributed by atoms with Gasteiger partial charge in [-0.3, -0.25) is 14.7 Å². The topological polar surface area (TPSA) is 36.4 Å². The molecule has 6 heteroatoms. The van der Waals surface area contributed by atoms with Crippen LogP contribution in [0.25, 0.3) is 0 Å². The molecule has 154 valence electrons. The van der Waals surface area contributed by atoms with Crippen molar-refractivity contribution in [3.63, 3.8) is 0 Å². The Morgan fingerprint density at radius 2 is 1.97 bits per heavy atom. The van der Waals surface area contributed by atoms with E-state index in [0.29, 0.717) is 23.9 Å². The van der Waals surface area contributed by atoms with Crippen LogP contribution in [0.2, 0.25) is 0 Å². The third-order valence-electron chi connectivity index (χ3n) is 6.53. The molecule has 30 heavy (non-hydrogen) atoms. The van der Waals surface area contributed by atoms with Crippen molar-refractivity contribution >= 4 is 17.2 Å². The molecular formula is C24H24FN3OS. The lowest BCUT2D eigenvalue weighted by Crippen LogP contribution is -2.47. The molecule has 4 nitrogen and oxygen atoms in total. The highest BCUT2D eigenvalue weighted by molar-refractivity contribution is 7.08. The molecule has 2 aromatic heterocycles. The zero-order valence-corrected chi connectivity index (χ0v) is 17.5. The van der Waals surface area contributed by atoms with Crippen molar-refractivity contribution in [2.45, 2.75) is 24.9 Å². The molecule has 3 atom stereocenters. The van der Waals surface area contributed by atoms with Gasteiger partial charge in [-0.15, -0.1) is 0 Å². The number of pyridine rings is 1. The molecule has 2 saturated heterocycles. The second-order valence-electron chi connectivity index (χ2n) is 8.20. The van der Waals surface area contributed by atoms with E-state index in [-0.39, 0.29) is 17.8 Å². The van der Waals surface area contributed by atoms with Crippen molar-refractivity contribution < 1.29 is 9.18 Å². The molecule has 2 aliphatic rings. The van der Waals surface area contributed by atoms with Gasteiger partial charge in [0.25, 0.3) is 5.91 Å². The van der Waals surface area contributed by atoms with Crippen molar-refractivity contribution in [2.24, 2.45) is 5.92 Å². The Morgan fingerprint density at radius 1 is 1.13 bits per heavy atom. The third kappa shape index (κ3) is 3.66. The van der Waals surface area contributed by atoms with Gasteiger partial charge in [-0.25, -0.2) is 4.39 Å². The summed E-state index contributed by atoms with van der Waals surface area (Å²) in [5.41, 5.74) is 2.75. The van der Waals surface area contributed by atoms with Crippen LogP contribution in [0.1, 0.15) is 33.8 Å². The Morgan fingerprint density at radius 3 is 2.73 bits per heavy atom. The van der Waals surface area contributed by atoms with Gasteiger partial charge in [-0.05, 0) is 47.0 Å². The highest BCUT2D eigenvalue weighted by Crippen LogP contribution is 2.43. The van der Waals surface area contributed by atoms with Crippen molar-refractivity contribution in [3.05, 3.63) is 88.1 Å². The SMILES string of the molecule is O=C(c1ccncc1)N1C[C@@H](c2ccsc2)[C@@H]2CN(Cc3ccccc3F)CC[C@@H]21. The van der Waals surface area contributed by atoms with Gasteiger partial charge in [0.05, 0.1) is 0 Å². The number of hydrogen-bond donors (Lipinski definition) is 0. The van der Waals surface area contributed by atoms with Crippen molar-refractivity contribution in [1.82, 2.24) is 14.8 Å². The van der Waals surface area contributed by atoms with Gasteiger partial charge < -0.3 is 4.90 Å². The predicted octanol–water partition coefficient (Wildman–Crippen LogP) is 4.41. The molecule has 0 saturated carbocycles. The Balaban J connectivity index is 1.39. The Labute approximate surface area is 180 Å². The van der Waals surface area contributed by atoms with Gasteiger partial charge in [0.15, 0.2) is 0 Å². The first kappa shape index (κ1) is 19.4. The van der Waals surface area contributed by atoms with Crippen LogP contribution in [-0.2, 0) is 6.54 Å². The number of nitrogens with zero attached hydrogens (tertiary/aromatic N) is 3. The Kier molecular flexibility index (Phi) is 5.35. The molecule has 0 bridgehead atoms. The number of likely N-dealkylation sites (tertiary alicyclic amines) is 2. The number of halogens is 1. The van der Waals surface area contributed by atoms with E-state index in [1.54, 1.807) is 41.9 Å². The van der Waals surface area contributed by atoms with Gasteiger partial charge in [-0.2, -0.15) is 11.3 Å². The van der Waals surface area contributed by atoms with E-state index in [1.807, 2.05) is 12.1 Å². The van der Waals surface area contributed by atoms with E-state index >= 15 is 0 Å². The average Bonchev–Trinajstić information content (AvgIpc) is 3.43. The molecule has 0 radical (unpaired) electrons. The second-order valence-corrected chi connectivity index (χ2v) is 8.98. The van der Waals surface area contributed by atoms with E-state index in [1.165, 1.54) is 11.6 Å². The molecule has 4 heterocycles. The molecule has 3 aromatic rings. The van der Waals surface area contributed by atoms with Crippen LogP contribution in [-0.4, -0.2) is 46.4 Å². The number of piperidine rings is 1. The van der Waals surface area contributed by atoms with E-state index in [4.69, 9.17) is 0 Å². The van der Waals surface area contributed by atoms with Gasteiger partial charge in [0.2, 0.25) is 0 Å². The summed E-state index contributed by atoms with van der Waals surface area (Å²) in [6.45, 7) is 3.09. The molecule has 1 aromatic carbocycles. The number of amides is 1. The van der Waals surface area contributed by atoms with Crippen LogP contribution >= 0.6 is 11.3 Å². The van der Waals surface area contributed by atoms with E-state index < -0.39 is 0 Å². The number of carbonyl (C=O) groups excluding carboxylic acids is 1. The second kappa shape index (κ2) is 8.28. The predicted molar refractivity (Wildman–Crippen MR) is 116 cm³/mol. The normalized spacial score (nSPS) is 24.0. The summed E-state index contributed by atoms with van der Waals surface area (Å²) in [6.07, 6.45) is 4.26. The van der Waals surface area contributed by atoms with E-state index in [2.05, 4.69) is 31.6 Å². The summed E-state index contributed by atoms with van der Waals surface area (Å²) in [4.78, 5) is 21.7. The van der Waals surface area contributed by atoms with Gasteiger partial charge in [0.1, 0.15) is 5.82 Å². The molecule has 2 aliphatic heterocycles. The summed E-state index contributed by atoms with van der Waals surface area (Å²) >= 11 is 1.70. The number of fused-ring (bicyclic) bond motifs is 1. The monoisotopic (exact) mass is 421 g/mol. The quantitative estimate of drug-likeness (QED) is 0.626. The largest absolute Gasteiger partial charge is 0.335 e. The fourth-order valence-electron chi connectivity index (χ4n) is 5.05. The Hall–Kier alpha value is -2.57.